The van der Waals surface area contributed by atoms with E-state index in [2.05, 4.69) is 10.4 Å². The van der Waals surface area contributed by atoms with Crippen LogP contribution in [0.3, 0.4) is 0 Å². The number of benzene rings is 1. The predicted molar refractivity (Wildman–Crippen MR) is 78.7 cm³/mol. The molecule has 1 heterocycles. The second kappa shape index (κ2) is 6.75. The van der Waals surface area contributed by atoms with Gasteiger partial charge in [-0.1, -0.05) is 12.1 Å². The summed E-state index contributed by atoms with van der Waals surface area (Å²) in [7, 11) is 1.76. The average molecular weight is 303 g/mol. The molecule has 1 aromatic carbocycles. The minimum atomic E-state index is -1.04. The van der Waals surface area contributed by atoms with Crippen LogP contribution in [0, 0.1) is 6.92 Å². The fraction of sp³-hybridized carbons (Fsp3) is 0.267. The van der Waals surface area contributed by atoms with E-state index in [9.17, 15) is 9.59 Å². The highest BCUT2D eigenvalue weighted by molar-refractivity contribution is 5.94. The predicted octanol–water partition coefficient (Wildman–Crippen LogP) is 1.12. The number of carboxylic acids is 1. The van der Waals surface area contributed by atoms with Crippen molar-refractivity contribution in [1.82, 2.24) is 15.1 Å². The molecule has 0 bridgehead atoms. The Balaban J connectivity index is 1.96. The van der Waals surface area contributed by atoms with Crippen LogP contribution in [-0.2, 0) is 18.4 Å². The smallest absolute Gasteiger partial charge is 0.341 e. The van der Waals surface area contributed by atoms with Gasteiger partial charge in [-0.05, 0) is 24.6 Å². The average Bonchev–Trinajstić information content (AvgIpc) is 2.82. The summed E-state index contributed by atoms with van der Waals surface area (Å²) in [4.78, 5) is 22.6. The molecule has 2 rings (SSSR count). The fourth-order valence-electron chi connectivity index (χ4n) is 1.99. The normalized spacial score (nSPS) is 10.3. The van der Waals surface area contributed by atoms with Gasteiger partial charge in [0.15, 0.2) is 6.61 Å². The zero-order valence-electron chi connectivity index (χ0n) is 12.4. The highest BCUT2D eigenvalue weighted by atomic mass is 16.5. The number of ether oxygens (including phenoxy) is 1. The monoisotopic (exact) mass is 303 g/mol. The summed E-state index contributed by atoms with van der Waals surface area (Å²) in [5.74, 6) is -0.792. The van der Waals surface area contributed by atoms with E-state index >= 15 is 0 Å². The first kappa shape index (κ1) is 15.6. The molecule has 7 nitrogen and oxygen atoms in total. The Bertz CT molecular complexity index is 694. The van der Waals surface area contributed by atoms with Gasteiger partial charge in [0.2, 0.25) is 0 Å². The molecule has 2 aromatic rings. The van der Waals surface area contributed by atoms with Gasteiger partial charge in [-0.25, -0.2) is 4.79 Å². The van der Waals surface area contributed by atoms with Gasteiger partial charge in [-0.3, -0.25) is 9.48 Å². The second-order valence-electron chi connectivity index (χ2n) is 4.81. The Hall–Kier alpha value is -2.83. The van der Waals surface area contributed by atoms with Crippen LogP contribution in [-0.4, -0.2) is 33.4 Å². The lowest BCUT2D eigenvalue weighted by Crippen LogP contribution is -2.23. The fourth-order valence-corrected chi connectivity index (χ4v) is 1.99. The molecular weight excluding hydrogens is 286 g/mol. The van der Waals surface area contributed by atoms with Gasteiger partial charge in [0.1, 0.15) is 5.75 Å². The molecule has 7 heteroatoms. The van der Waals surface area contributed by atoms with E-state index in [1.54, 1.807) is 43.0 Å². The number of aliphatic carboxylic acids is 1. The number of rotatable bonds is 6. The second-order valence-corrected chi connectivity index (χ2v) is 4.81. The van der Waals surface area contributed by atoms with Crippen molar-refractivity contribution in [1.29, 1.82) is 0 Å². The Morgan fingerprint density at radius 2 is 2.18 bits per heavy atom. The van der Waals surface area contributed by atoms with E-state index < -0.39 is 12.6 Å². The lowest BCUT2D eigenvalue weighted by Gasteiger charge is -2.07. The quantitative estimate of drug-likeness (QED) is 0.834. The van der Waals surface area contributed by atoms with Gasteiger partial charge in [-0.2, -0.15) is 5.10 Å². The molecule has 1 amide bonds. The van der Waals surface area contributed by atoms with Crippen LogP contribution in [0.2, 0.25) is 0 Å². The SMILES string of the molecule is Cc1nn(C)cc1C(=O)NCc1cccc(OCC(=O)O)c1. The van der Waals surface area contributed by atoms with Gasteiger partial charge in [0, 0.05) is 19.8 Å². The topological polar surface area (TPSA) is 93.5 Å². The van der Waals surface area contributed by atoms with Crippen LogP contribution >= 0.6 is 0 Å². The standard InChI is InChI=1S/C15H17N3O4/c1-10-13(8-18(2)17-10)15(21)16-7-11-4-3-5-12(6-11)22-9-14(19)20/h3-6,8H,7,9H2,1-2H3,(H,16,21)(H,19,20). The summed E-state index contributed by atoms with van der Waals surface area (Å²) in [6.45, 7) is 1.69. The van der Waals surface area contributed by atoms with E-state index in [1.807, 2.05) is 6.07 Å². The third-order valence-electron chi connectivity index (χ3n) is 2.97. The van der Waals surface area contributed by atoms with Crippen LogP contribution in [0.1, 0.15) is 21.6 Å². The maximum atomic E-state index is 12.1. The summed E-state index contributed by atoms with van der Waals surface area (Å²) >= 11 is 0. The van der Waals surface area contributed by atoms with Gasteiger partial charge < -0.3 is 15.2 Å². The van der Waals surface area contributed by atoms with Gasteiger partial charge in [-0.15, -0.1) is 0 Å². The molecule has 1 aromatic heterocycles. The molecule has 2 N–H and O–H groups in total. The molecule has 0 saturated carbocycles. The van der Waals surface area contributed by atoms with E-state index in [1.165, 1.54) is 0 Å². The minimum absolute atomic E-state index is 0.206. The van der Waals surface area contributed by atoms with Crippen molar-refractivity contribution in [3.8, 4) is 5.75 Å². The van der Waals surface area contributed by atoms with Crippen LogP contribution in [0.15, 0.2) is 30.5 Å². The number of amides is 1. The largest absolute Gasteiger partial charge is 0.482 e. The molecule has 0 atom stereocenters. The molecule has 0 unspecified atom stereocenters. The first-order chi connectivity index (χ1) is 10.5. The number of nitrogens with one attached hydrogen (secondary N) is 1. The van der Waals surface area contributed by atoms with Crippen molar-refractivity contribution in [2.75, 3.05) is 6.61 Å². The Morgan fingerprint density at radius 1 is 1.41 bits per heavy atom. The molecule has 116 valence electrons. The molecule has 0 aliphatic heterocycles. The van der Waals surface area contributed by atoms with Crippen molar-refractivity contribution in [2.24, 2.45) is 7.05 Å². The van der Waals surface area contributed by atoms with Crippen LogP contribution < -0.4 is 10.1 Å². The van der Waals surface area contributed by atoms with Gasteiger partial charge >= 0.3 is 5.97 Å². The summed E-state index contributed by atoms with van der Waals surface area (Å²) < 4.78 is 6.68. The number of carboxylic acid groups (broad SMARTS) is 1. The lowest BCUT2D eigenvalue weighted by atomic mass is 10.2. The van der Waals surface area contributed by atoms with Gasteiger partial charge in [0.05, 0.1) is 11.3 Å². The summed E-state index contributed by atoms with van der Waals surface area (Å²) in [6.07, 6.45) is 1.66. The van der Waals surface area contributed by atoms with E-state index in [0.29, 0.717) is 23.6 Å². The number of nitrogens with zero attached hydrogens (tertiary/aromatic N) is 2. The summed E-state index contributed by atoms with van der Waals surface area (Å²) in [5, 5.41) is 15.5. The maximum Gasteiger partial charge on any atom is 0.341 e. The molecular formula is C15H17N3O4. The zero-order chi connectivity index (χ0) is 16.1. The molecule has 0 aliphatic rings. The van der Waals surface area contributed by atoms with Crippen molar-refractivity contribution >= 4 is 11.9 Å². The Kier molecular flexibility index (Phi) is 4.77. The highest BCUT2D eigenvalue weighted by Gasteiger charge is 2.12. The van der Waals surface area contributed by atoms with Crippen LogP contribution in [0.25, 0.3) is 0 Å². The van der Waals surface area contributed by atoms with Crippen LogP contribution in [0.4, 0.5) is 0 Å². The van der Waals surface area contributed by atoms with Gasteiger partial charge in [0.25, 0.3) is 5.91 Å². The van der Waals surface area contributed by atoms with E-state index in [0.717, 1.165) is 5.56 Å². The summed E-state index contributed by atoms with van der Waals surface area (Å²) in [5.41, 5.74) is 2.01. The maximum absolute atomic E-state index is 12.1. The third kappa shape index (κ3) is 4.08. The number of hydrogen-bond acceptors (Lipinski definition) is 4. The Morgan fingerprint density at radius 3 is 2.82 bits per heavy atom. The number of aryl methyl sites for hydroxylation is 2. The molecule has 22 heavy (non-hydrogen) atoms. The van der Waals surface area contributed by atoms with E-state index in [-0.39, 0.29) is 5.91 Å². The number of carbonyl (C=O) groups is 2. The molecule has 0 radical (unpaired) electrons. The Labute approximate surface area is 127 Å². The summed E-state index contributed by atoms with van der Waals surface area (Å²) in [6, 6.07) is 6.93. The minimum Gasteiger partial charge on any atom is -0.482 e. The van der Waals surface area contributed by atoms with Crippen molar-refractivity contribution in [3.05, 3.63) is 47.3 Å². The zero-order valence-corrected chi connectivity index (χ0v) is 12.4. The first-order valence-electron chi connectivity index (χ1n) is 6.67. The molecule has 0 spiro atoms. The lowest BCUT2D eigenvalue weighted by molar-refractivity contribution is -0.139. The molecule has 0 aliphatic carbocycles. The molecule has 0 saturated heterocycles. The van der Waals surface area contributed by atoms with E-state index in [4.69, 9.17) is 9.84 Å². The van der Waals surface area contributed by atoms with Crippen molar-refractivity contribution in [3.63, 3.8) is 0 Å². The number of hydrogen-bond donors (Lipinski definition) is 2. The van der Waals surface area contributed by atoms with Crippen molar-refractivity contribution < 1.29 is 19.4 Å². The van der Waals surface area contributed by atoms with Crippen molar-refractivity contribution in [2.45, 2.75) is 13.5 Å². The van der Waals surface area contributed by atoms with Crippen LogP contribution in [0.5, 0.6) is 5.75 Å². The third-order valence-corrected chi connectivity index (χ3v) is 2.97. The first-order valence-corrected chi connectivity index (χ1v) is 6.67. The molecule has 0 fully saturated rings. The highest BCUT2D eigenvalue weighted by Crippen LogP contribution is 2.13. The number of carbonyl (C=O) groups excluding carboxylic acids is 1. The number of aromatic nitrogens is 2.